The molecule has 1 amide bonds. The van der Waals surface area contributed by atoms with Crippen LogP contribution in [0.25, 0.3) is 0 Å². The van der Waals surface area contributed by atoms with E-state index in [0.717, 1.165) is 5.56 Å². The van der Waals surface area contributed by atoms with Gasteiger partial charge in [0, 0.05) is 16.6 Å². The minimum Gasteiger partial charge on any atom is -0.355 e. The highest BCUT2D eigenvalue weighted by molar-refractivity contribution is 7.89. The van der Waals surface area contributed by atoms with Crippen molar-refractivity contribution in [1.82, 2.24) is 10.0 Å². The first-order chi connectivity index (χ1) is 11.4. The molecule has 0 aliphatic rings. The highest BCUT2D eigenvalue weighted by Gasteiger charge is 2.15. The van der Waals surface area contributed by atoms with Crippen LogP contribution in [0.3, 0.4) is 0 Å². The lowest BCUT2D eigenvalue weighted by Gasteiger charge is -2.08. The molecular weight excluding hydrogens is 371 g/mol. The second kappa shape index (κ2) is 8.48. The van der Waals surface area contributed by atoms with Crippen LogP contribution in [0.15, 0.2) is 53.4 Å². The lowest BCUT2D eigenvalue weighted by Crippen LogP contribution is -2.37. The van der Waals surface area contributed by atoms with Crippen molar-refractivity contribution in [3.63, 3.8) is 0 Å². The van der Waals surface area contributed by atoms with E-state index in [-0.39, 0.29) is 11.4 Å². The van der Waals surface area contributed by atoms with Gasteiger partial charge in [0.1, 0.15) is 0 Å². The zero-order chi connectivity index (χ0) is 17.6. The molecule has 2 aromatic carbocycles. The Morgan fingerprint density at radius 1 is 1.00 bits per heavy atom. The lowest BCUT2D eigenvalue weighted by atomic mass is 10.1. The Kier molecular flexibility index (Phi) is 6.62. The molecule has 2 N–H and O–H groups in total. The Morgan fingerprint density at radius 2 is 1.71 bits per heavy atom. The first-order valence-electron chi connectivity index (χ1n) is 7.13. The average molecular weight is 387 g/mol. The van der Waals surface area contributed by atoms with Crippen LogP contribution in [0.4, 0.5) is 0 Å². The number of nitrogens with one attached hydrogen (secondary N) is 2. The molecule has 24 heavy (non-hydrogen) atoms. The number of sulfonamides is 1. The highest BCUT2D eigenvalue weighted by Crippen LogP contribution is 2.13. The summed E-state index contributed by atoms with van der Waals surface area (Å²) in [5.74, 6) is -0.408. The zero-order valence-corrected chi connectivity index (χ0v) is 15.0. The smallest absolute Gasteiger partial charge is 0.241 e. The Hall–Kier alpha value is -1.60. The molecule has 0 saturated heterocycles. The molecule has 0 saturated carbocycles. The van der Waals surface area contributed by atoms with Crippen LogP contribution in [0.5, 0.6) is 0 Å². The van der Waals surface area contributed by atoms with Gasteiger partial charge in [-0.1, -0.05) is 35.3 Å². The van der Waals surface area contributed by atoms with Gasteiger partial charge < -0.3 is 5.32 Å². The number of halogens is 2. The third-order valence-electron chi connectivity index (χ3n) is 3.17. The number of carbonyl (C=O) groups is 1. The van der Waals surface area contributed by atoms with Gasteiger partial charge in [0.2, 0.25) is 15.9 Å². The van der Waals surface area contributed by atoms with E-state index in [1.807, 2.05) is 18.2 Å². The largest absolute Gasteiger partial charge is 0.355 e. The summed E-state index contributed by atoms with van der Waals surface area (Å²) in [5.41, 5.74) is 0.990. The minimum atomic E-state index is -3.74. The first-order valence-corrected chi connectivity index (χ1v) is 9.37. The number of hydrogen-bond acceptors (Lipinski definition) is 3. The van der Waals surface area contributed by atoms with Gasteiger partial charge >= 0.3 is 0 Å². The van der Waals surface area contributed by atoms with Crippen LogP contribution in [-0.4, -0.2) is 27.4 Å². The van der Waals surface area contributed by atoms with Crippen molar-refractivity contribution < 1.29 is 13.2 Å². The quantitative estimate of drug-likeness (QED) is 0.767. The van der Waals surface area contributed by atoms with Gasteiger partial charge in [0.15, 0.2) is 0 Å². The second-order valence-electron chi connectivity index (χ2n) is 5.01. The summed E-state index contributed by atoms with van der Waals surface area (Å²) in [5, 5.41) is 3.73. The topological polar surface area (TPSA) is 75.3 Å². The standard InChI is InChI=1S/C16H16Cl2N2O3S/c17-13-4-6-15(7-5-13)24(22,23)20-11-16(21)19-9-8-12-2-1-3-14(18)10-12/h1-7,10,20H,8-9,11H2,(H,19,21). The summed E-state index contributed by atoms with van der Waals surface area (Å²) in [4.78, 5) is 11.8. The molecule has 0 unspecified atom stereocenters. The zero-order valence-electron chi connectivity index (χ0n) is 12.6. The van der Waals surface area contributed by atoms with E-state index in [9.17, 15) is 13.2 Å². The van der Waals surface area contributed by atoms with Crippen molar-refractivity contribution in [2.24, 2.45) is 0 Å². The van der Waals surface area contributed by atoms with Gasteiger partial charge in [0.05, 0.1) is 11.4 Å². The van der Waals surface area contributed by atoms with E-state index in [0.29, 0.717) is 23.0 Å². The van der Waals surface area contributed by atoms with E-state index >= 15 is 0 Å². The molecule has 0 fully saturated rings. The van der Waals surface area contributed by atoms with E-state index in [4.69, 9.17) is 23.2 Å². The van der Waals surface area contributed by atoms with Gasteiger partial charge in [-0.05, 0) is 48.4 Å². The van der Waals surface area contributed by atoms with Crippen molar-refractivity contribution in [3.05, 3.63) is 64.1 Å². The Balaban J connectivity index is 1.79. The van der Waals surface area contributed by atoms with Crippen LogP contribution in [0.2, 0.25) is 10.0 Å². The van der Waals surface area contributed by atoms with Gasteiger partial charge in [-0.15, -0.1) is 0 Å². The fraction of sp³-hybridized carbons (Fsp3) is 0.188. The van der Waals surface area contributed by atoms with Gasteiger partial charge in [0.25, 0.3) is 0 Å². The molecule has 8 heteroatoms. The van der Waals surface area contributed by atoms with Crippen molar-refractivity contribution in [2.75, 3.05) is 13.1 Å². The summed E-state index contributed by atoms with van der Waals surface area (Å²) < 4.78 is 26.3. The fourth-order valence-electron chi connectivity index (χ4n) is 1.96. The average Bonchev–Trinajstić information content (AvgIpc) is 2.54. The predicted molar refractivity (Wildman–Crippen MR) is 94.8 cm³/mol. The van der Waals surface area contributed by atoms with Crippen molar-refractivity contribution in [2.45, 2.75) is 11.3 Å². The molecule has 0 aromatic heterocycles. The number of amides is 1. The summed E-state index contributed by atoms with van der Waals surface area (Å²) >= 11 is 11.6. The normalized spacial score (nSPS) is 11.2. The number of hydrogen-bond donors (Lipinski definition) is 2. The molecule has 2 aromatic rings. The summed E-state index contributed by atoms with van der Waals surface area (Å²) in [6.07, 6.45) is 0.607. The van der Waals surface area contributed by atoms with E-state index < -0.39 is 15.9 Å². The van der Waals surface area contributed by atoms with E-state index in [1.165, 1.54) is 24.3 Å². The summed E-state index contributed by atoms with van der Waals surface area (Å²) in [6, 6.07) is 13.0. The Morgan fingerprint density at radius 3 is 2.38 bits per heavy atom. The molecular formula is C16H16Cl2N2O3S. The predicted octanol–water partition coefficient (Wildman–Crippen LogP) is 2.63. The third-order valence-corrected chi connectivity index (χ3v) is 5.08. The Bertz CT molecular complexity index is 808. The third kappa shape index (κ3) is 5.79. The number of carbonyl (C=O) groups excluding carboxylic acids is 1. The number of benzene rings is 2. The number of rotatable bonds is 7. The highest BCUT2D eigenvalue weighted by atomic mass is 35.5. The first kappa shape index (κ1) is 18.7. The molecule has 0 aliphatic carbocycles. The summed E-state index contributed by atoms with van der Waals surface area (Å²) in [7, 11) is -3.74. The maximum Gasteiger partial charge on any atom is 0.241 e. The molecule has 0 heterocycles. The minimum absolute atomic E-state index is 0.0543. The SMILES string of the molecule is O=C(CNS(=O)(=O)c1ccc(Cl)cc1)NCCc1cccc(Cl)c1. The molecule has 0 spiro atoms. The van der Waals surface area contributed by atoms with Gasteiger partial charge in [-0.2, -0.15) is 0 Å². The van der Waals surface area contributed by atoms with Crippen LogP contribution < -0.4 is 10.0 Å². The molecule has 0 radical (unpaired) electrons. The van der Waals surface area contributed by atoms with Crippen molar-refractivity contribution >= 4 is 39.1 Å². The molecule has 0 bridgehead atoms. The Labute approximate surface area is 151 Å². The maximum absolute atomic E-state index is 12.0. The van der Waals surface area contributed by atoms with E-state index in [1.54, 1.807) is 6.07 Å². The van der Waals surface area contributed by atoms with Crippen LogP contribution in [0.1, 0.15) is 5.56 Å². The molecule has 2 rings (SSSR count). The fourth-order valence-corrected chi connectivity index (χ4v) is 3.28. The molecule has 5 nitrogen and oxygen atoms in total. The van der Waals surface area contributed by atoms with Gasteiger partial charge in [-0.3, -0.25) is 4.79 Å². The monoisotopic (exact) mass is 386 g/mol. The van der Waals surface area contributed by atoms with Crippen LogP contribution >= 0.6 is 23.2 Å². The van der Waals surface area contributed by atoms with Crippen molar-refractivity contribution in [3.8, 4) is 0 Å². The van der Waals surface area contributed by atoms with E-state index in [2.05, 4.69) is 10.0 Å². The molecule has 0 aliphatic heterocycles. The van der Waals surface area contributed by atoms with Crippen LogP contribution in [0, 0.1) is 0 Å². The molecule has 128 valence electrons. The molecule has 0 atom stereocenters. The van der Waals surface area contributed by atoms with Crippen LogP contribution in [-0.2, 0) is 21.2 Å². The van der Waals surface area contributed by atoms with Crippen molar-refractivity contribution in [1.29, 1.82) is 0 Å². The lowest BCUT2D eigenvalue weighted by molar-refractivity contribution is -0.119. The van der Waals surface area contributed by atoms with Gasteiger partial charge in [-0.25, -0.2) is 13.1 Å². The maximum atomic E-state index is 12.0. The second-order valence-corrected chi connectivity index (χ2v) is 7.65. The summed E-state index contributed by atoms with van der Waals surface area (Å²) in [6.45, 7) is 0.0579.